The molecule has 0 bridgehead atoms. The molecule has 2 aromatic carbocycles. The summed E-state index contributed by atoms with van der Waals surface area (Å²) in [5.74, 6) is -0.681. The number of hydrogen-bond acceptors (Lipinski definition) is 2. The molecule has 0 saturated heterocycles. The van der Waals surface area contributed by atoms with Crippen LogP contribution in [0.5, 0.6) is 0 Å². The van der Waals surface area contributed by atoms with Crippen molar-refractivity contribution in [2.75, 3.05) is 11.4 Å². The van der Waals surface area contributed by atoms with Gasteiger partial charge in [-0.2, -0.15) is 0 Å². The van der Waals surface area contributed by atoms with Gasteiger partial charge in [0.05, 0.1) is 11.3 Å². The number of nitrogens with zero attached hydrogens (tertiary/aromatic N) is 1. The van der Waals surface area contributed by atoms with Crippen molar-refractivity contribution in [3.63, 3.8) is 0 Å². The summed E-state index contributed by atoms with van der Waals surface area (Å²) in [6.07, 6.45) is 2.03. The molecular formula is C17H16FNO. The van der Waals surface area contributed by atoms with Gasteiger partial charge in [0.1, 0.15) is 5.82 Å². The molecule has 20 heavy (non-hydrogen) atoms. The predicted molar refractivity (Wildman–Crippen MR) is 78.2 cm³/mol. The summed E-state index contributed by atoms with van der Waals surface area (Å²) in [5, 5.41) is 0. The van der Waals surface area contributed by atoms with E-state index in [9.17, 15) is 9.18 Å². The first-order valence-electron chi connectivity index (χ1n) is 6.83. The average Bonchev–Trinajstić information content (AvgIpc) is 2.46. The van der Waals surface area contributed by atoms with Crippen molar-refractivity contribution in [3.8, 4) is 0 Å². The Labute approximate surface area is 117 Å². The monoisotopic (exact) mass is 269 g/mol. The molecule has 1 heterocycles. The molecule has 0 amide bonds. The molecule has 3 heteroatoms. The summed E-state index contributed by atoms with van der Waals surface area (Å²) < 4.78 is 14.0. The number of aryl methyl sites for hydroxylation is 1. The van der Waals surface area contributed by atoms with Crippen molar-refractivity contribution in [1.29, 1.82) is 0 Å². The minimum absolute atomic E-state index is 0.184. The van der Waals surface area contributed by atoms with Gasteiger partial charge in [0.25, 0.3) is 0 Å². The maximum Gasteiger partial charge on any atom is 0.164 e. The van der Waals surface area contributed by atoms with Crippen LogP contribution in [0.3, 0.4) is 0 Å². The van der Waals surface area contributed by atoms with Crippen LogP contribution in [0.2, 0.25) is 0 Å². The van der Waals surface area contributed by atoms with Crippen molar-refractivity contribution in [2.24, 2.45) is 0 Å². The number of carbonyl (C=O) groups is 1. The Bertz CT molecular complexity index is 666. The van der Waals surface area contributed by atoms with Crippen molar-refractivity contribution >= 4 is 17.2 Å². The van der Waals surface area contributed by atoms with Crippen LogP contribution in [0.1, 0.15) is 29.3 Å². The van der Waals surface area contributed by atoms with Gasteiger partial charge < -0.3 is 4.90 Å². The zero-order valence-electron chi connectivity index (χ0n) is 11.4. The van der Waals surface area contributed by atoms with E-state index in [0.29, 0.717) is 5.69 Å². The van der Waals surface area contributed by atoms with E-state index < -0.39 is 5.82 Å². The molecule has 0 radical (unpaired) electrons. The van der Waals surface area contributed by atoms with E-state index in [1.54, 1.807) is 6.07 Å². The lowest BCUT2D eigenvalue weighted by atomic mass is 9.99. The van der Waals surface area contributed by atoms with Crippen LogP contribution in [0.15, 0.2) is 42.5 Å². The summed E-state index contributed by atoms with van der Waals surface area (Å²) in [6.45, 7) is 2.22. The highest BCUT2D eigenvalue weighted by atomic mass is 19.1. The maximum atomic E-state index is 14.0. The quantitative estimate of drug-likeness (QED) is 0.765. The molecule has 1 aliphatic rings. The van der Waals surface area contributed by atoms with Crippen LogP contribution in [0, 0.1) is 5.82 Å². The van der Waals surface area contributed by atoms with Gasteiger partial charge in [-0.3, -0.25) is 4.79 Å². The van der Waals surface area contributed by atoms with Crippen LogP contribution in [-0.2, 0) is 6.42 Å². The number of ketones is 1. The van der Waals surface area contributed by atoms with Gasteiger partial charge in [0.15, 0.2) is 5.78 Å². The molecule has 3 rings (SSSR count). The third-order valence-corrected chi connectivity index (χ3v) is 3.74. The number of para-hydroxylation sites is 1. The molecular weight excluding hydrogens is 253 g/mol. The Kier molecular flexibility index (Phi) is 3.26. The number of hydrogen-bond donors (Lipinski definition) is 0. The molecule has 2 nitrogen and oxygen atoms in total. The molecule has 102 valence electrons. The molecule has 0 fully saturated rings. The SMILES string of the molecule is CC(=O)c1c(F)cccc1N1CCCc2ccccc21. The third kappa shape index (κ3) is 2.09. The lowest BCUT2D eigenvalue weighted by Gasteiger charge is -2.32. The second-order valence-electron chi connectivity index (χ2n) is 5.07. The van der Waals surface area contributed by atoms with Crippen LogP contribution in [0.4, 0.5) is 15.8 Å². The van der Waals surface area contributed by atoms with E-state index >= 15 is 0 Å². The van der Waals surface area contributed by atoms with Crippen molar-refractivity contribution in [1.82, 2.24) is 0 Å². The lowest BCUT2D eigenvalue weighted by Crippen LogP contribution is -2.26. The van der Waals surface area contributed by atoms with E-state index in [0.717, 1.165) is 25.1 Å². The fourth-order valence-corrected chi connectivity index (χ4v) is 2.87. The first-order valence-corrected chi connectivity index (χ1v) is 6.83. The Balaban J connectivity index is 2.16. The Hall–Kier alpha value is -2.16. The smallest absolute Gasteiger partial charge is 0.164 e. The molecule has 0 unspecified atom stereocenters. The molecule has 0 spiro atoms. The van der Waals surface area contributed by atoms with E-state index in [1.807, 2.05) is 24.3 Å². The predicted octanol–water partition coefficient (Wildman–Crippen LogP) is 4.11. The summed E-state index contributed by atoms with van der Waals surface area (Å²) in [6, 6.07) is 12.9. The normalized spacial score (nSPS) is 14.0. The number of benzene rings is 2. The minimum Gasteiger partial charge on any atom is -0.341 e. The Morgan fingerprint density at radius 2 is 1.85 bits per heavy atom. The average molecular weight is 269 g/mol. The fraction of sp³-hybridized carbons (Fsp3) is 0.235. The highest BCUT2D eigenvalue weighted by Gasteiger charge is 2.23. The molecule has 0 aromatic heterocycles. The zero-order valence-corrected chi connectivity index (χ0v) is 11.4. The highest BCUT2D eigenvalue weighted by molar-refractivity contribution is 6.01. The second kappa shape index (κ2) is 5.08. The van der Waals surface area contributed by atoms with Crippen LogP contribution >= 0.6 is 0 Å². The van der Waals surface area contributed by atoms with Gasteiger partial charge in [-0.1, -0.05) is 24.3 Å². The van der Waals surface area contributed by atoms with Crippen molar-refractivity contribution < 1.29 is 9.18 Å². The van der Waals surface area contributed by atoms with Gasteiger partial charge in [0, 0.05) is 12.2 Å². The Morgan fingerprint density at radius 3 is 2.65 bits per heavy atom. The third-order valence-electron chi connectivity index (χ3n) is 3.74. The van der Waals surface area contributed by atoms with Gasteiger partial charge in [-0.15, -0.1) is 0 Å². The zero-order chi connectivity index (χ0) is 14.1. The molecule has 0 atom stereocenters. The Morgan fingerprint density at radius 1 is 1.10 bits per heavy atom. The molecule has 1 aliphatic heterocycles. The van der Waals surface area contributed by atoms with Crippen LogP contribution in [-0.4, -0.2) is 12.3 Å². The number of carbonyl (C=O) groups excluding carboxylic acids is 1. The van der Waals surface area contributed by atoms with Gasteiger partial charge in [-0.05, 0) is 43.5 Å². The molecule has 2 aromatic rings. The lowest BCUT2D eigenvalue weighted by molar-refractivity contribution is 0.101. The number of anilines is 2. The van der Waals surface area contributed by atoms with Crippen molar-refractivity contribution in [3.05, 3.63) is 59.4 Å². The summed E-state index contributed by atoms with van der Waals surface area (Å²) in [5.41, 5.74) is 3.18. The number of rotatable bonds is 2. The first-order chi connectivity index (χ1) is 9.68. The number of fused-ring (bicyclic) bond motifs is 1. The van der Waals surface area contributed by atoms with Crippen LogP contribution in [0.25, 0.3) is 0 Å². The number of Topliss-reactive ketones (excluding diaryl/α,β-unsaturated/α-hetero) is 1. The first kappa shape index (κ1) is 12.9. The topological polar surface area (TPSA) is 20.3 Å². The van der Waals surface area contributed by atoms with E-state index in [1.165, 1.54) is 18.6 Å². The molecule has 0 N–H and O–H groups in total. The molecule has 0 aliphatic carbocycles. The van der Waals surface area contributed by atoms with E-state index in [2.05, 4.69) is 11.0 Å². The van der Waals surface area contributed by atoms with E-state index in [-0.39, 0.29) is 11.3 Å². The van der Waals surface area contributed by atoms with Crippen LogP contribution < -0.4 is 4.90 Å². The van der Waals surface area contributed by atoms with Gasteiger partial charge in [-0.25, -0.2) is 4.39 Å². The summed E-state index contributed by atoms with van der Waals surface area (Å²) in [7, 11) is 0. The fourth-order valence-electron chi connectivity index (χ4n) is 2.87. The van der Waals surface area contributed by atoms with Gasteiger partial charge >= 0.3 is 0 Å². The van der Waals surface area contributed by atoms with E-state index in [4.69, 9.17) is 0 Å². The largest absolute Gasteiger partial charge is 0.341 e. The summed E-state index contributed by atoms with van der Waals surface area (Å²) in [4.78, 5) is 13.8. The maximum absolute atomic E-state index is 14.0. The standard InChI is InChI=1S/C17H16FNO/c1-12(20)17-14(18)8-4-10-16(17)19-11-5-7-13-6-2-3-9-15(13)19/h2-4,6,8-10H,5,7,11H2,1H3. The second-order valence-corrected chi connectivity index (χ2v) is 5.07. The highest BCUT2D eigenvalue weighted by Crippen LogP contribution is 2.35. The number of halogens is 1. The van der Waals surface area contributed by atoms with Crippen molar-refractivity contribution in [2.45, 2.75) is 19.8 Å². The molecule has 0 saturated carbocycles. The van der Waals surface area contributed by atoms with Gasteiger partial charge in [0.2, 0.25) is 0 Å². The summed E-state index contributed by atoms with van der Waals surface area (Å²) >= 11 is 0. The minimum atomic E-state index is -0.446.